The lowest BCUT2D eigenvalue weighted by molar-refractivity contribution is 0.600. The number of hydrogen-bond acceptors (Lipinski definition) is 2. The molecule has 2 rings (SSSR count). The van der Waals surface area contributed by atoms with Gasteiger partial charge >= 0.3 is 0 Å². The monoisotopic (exact) mass is 257 g/mol. The van der Waals surface area contributed by atoms with Crippen molar-refractivity contribution >= 4 is 0 Å². The fourth-order valence-corrected chi connectivity index (χ4v) is 2.35. The largest absolute Gasteiger partial charge is 0.309 e. The first-order chi connectivity index (χ1) is 9.28. The predicted molar refractivity (Wildman–Crippen MR) is 79.2 cm³/mol. The van der Waals surface area contributed by atoms with E-state index in [4.69, 9.17) is 0 Å². The van der Waals surface area contributed by atoms with E-state index in [1.807, 2.05) is 17.9 Å². The minimum absolute atomic E-state index is 0.219. The summed E-state index contributed by atoms with van der Waals surface area (Å²) in [6.45, 7) is 5.32. The highest BCUT2D eigenvalue weighted by atomic mass is 15.3. The molecule has 3 nitrogen and oxygen atoms in total. The quantitative estimate of drug-likeness (QED) is 0.861. The summed E-state index contributed by atoms with van der Waals surface area (Å²) in [4.78, 5) is 0. The van der Waals surface area contributed by atoms with Gasteiger partial charge in [-0.3, -0.25) is 4.68 Å². The molecule has 3 heteroatoms. The van der Waals surface area contributed by atoms with Gasteiger partial charge in [-0.1, -0.05) is 38.1 Å². The summed E-state index contributed by atoms with van der Waals surface area (Å²) in [5.74, 6) is 0. The summed E-state index contributed by atoms with van der Waals surface area (Å²) < 4.78 is 2.01. The summed E-state index contributed by atoms with van der Waals surface area (Å²) in [7, 11) is 2.00. The van der Waals surface area contributed by atoms with E-state index in [0.29, 0.717) is 0 Å². The predicted octanol–water partition coefficient (Wildman–Crippen LogP) is 3.16. The summed E-state index contributed by atoms with van der Waals surface area (Å²) in [5, 5.41) is 7.78. The van der Waals surface area contributed by atoms with Gasteiger partial charge in [0.05, 0.1) is 12.2 Å². The minimum atomic E-state index is 0.219. The Hall–Kier alpha value is -1.61. The van der Waals surface area contributed by atoms with Crippen molar-refractivity contribution in [3.05, 3.63) is 53.3 Å². The van der Waals surface area contributed by atoms with Crippen molar-refractivity contribution in [3.8, 4) is 0 Å². The highest BCUT2D eigenvalue weighted by molar-refractivity contribution is 5.31. The van der Waals surface area contributed by atoms with Crippen molar-refractivity contribution in [1.29, 1.82) is 0 Å². The topological polar surface area (TPSA) is 29.9 Å². The molecule has 0 spiro atoms. The lowest BCUT2D eigenvalue weighted by atomic mass is 10.00. The average molecular weight is 257 g/mol. The molecule has 1 atom stereocenters. The van der Waals surface area contributed by atoms with Crippen LogP contribution in [-0.2, 0) is 13.0 Å². The van der Waals surface area contributed by atoms with Gasteiger partial charge in [-0.25, -0.2) is 0 Å². The van der Waals surface area contributed by atoms with Gasteiger partial charge < -0.3 is 5.32 Å². The molecule has 19 heavy (non-hydrogen) atoms. The third-order valence-electron chi connectivity index (χ3n) is 3.45. The molecule has 0 saturated heterocycles. The maximum atomic E-state index is 4.41. The van der Waals surface area contributed by atoms with Gasteiger partial charge in [0, 0.05) is 18.3 Å². The van der Waals surface area contributed by atoms with Gasteiger partial charge in [-0.05, 0) is 31.0 Å². The number of aromatic nitrogens is 2. The van der Waals surface area contributed by atoms with Gasteiger partial charge in [-0.15, -0.1) is 0 Å². The van der Waals surface area contributed by atoms with Gasteiger partial charge in [0.15, 0.2) is 0 Å². The molecule has 2 aromatic rings. The number of rotatable bonds is 6. The second-order valence-electron chi connectivity index (χ2n) is 4.85. The Balaban J connectivity index is 2.21. The molecule has 0 amide bonds. The third-order valence-corrected chi connectivity index (χ3v) is 3.45. The number of nitrogens with zero attached hydrogens (tertiary/aromatic N) is 2. The first-order valence-electron chi connectivity index (χ1n) is 7.07. The Morgan fingerprint density at radius 1 is 1.16 bits per heavy atom. The van der Waals surface area contributed by atoms with E-state index < -0.39 is 0 Å². The maximum absolute atomic E-state index is 4.41. The van der Waals surface area contributed by atoms with Crippen molar-refractivity contribution in [1.82, 2.24) is 15.1 Å². The molecule has 0 bridgehead atoms. The molecule has 0 radical (unpaired) electrons. The molecule has 1 aromatic carbocycles. The van der Waals surface area contributed by atoms with Crippen LogP contribution >= 0.6 is 0 Å². The fourth-order valence-electron chi connectivity index (χ4n) is 2.35. The van der Waals surface area contributed by atoms with E-state index in [0.717, 1.165) is 19.4 Å². The van der Waals surface area contributed by atoms with Crippen LogP contribution in [0.4, 0.5) is 0 Å². The summed E-state index contributed by atoms with van der Waals surface area (Å²) >= 11 is 0. The van der Waals surface area contributed by atoms with Crippen LogP contribution in [0.2, 0.25) is 0 Å². The average Bonchev–Trinajstić information content (AvgIpc) is 2.89. The molecule has 1 heterocycles. The van der Waals surface area contributed by atoms with Crippen molar-refractivity contribution in [3.63, 3.8) is 0 Å². The summed E-state index contributed by atoms with van der Waals surface area (Å²) in [5.41, 5.74) is 3.89. The molecular weight excluding hydrogens is 234 g/mol. The van der Waals surface area contributed by atoms with Crippen LogP contribution in [-0.4, -0.2) is 16.8 Å². The van der Waals surface area contributed by atoms with E-state index >= 15 is 0 Å². The van der Waals surface area contributed by atoms with Crippen LogP contribution in [0.25, 0.3) is 0 Å². The zero-order valence-electron chi connectivity index (χ0n) is 12.1. The lowest BCUT2D eigenvalue weighted by Crippen LogP contribution is -2.17. The Morgan fingerprint density at radius 3 is 2.47 bits per heavy atom. The highest BCUT2D eigenvalue weighted by Crippen LogP contribution is 2.21. The molecule has 0 aliphatic heterocycles. The first-order valence-corrected chi connectivity index (χ1v) is 7.07. The van der Waals surface area contributed by atoms with Crippen molar-refractivity contribution in [2.24, 2.45) is 0 Å². The molecule has 0 aliphatic carbocycles. The zero-order chi connectivity index (χ0) is 13.7. The van der Waals surface area contributed by atoms with E-state index in [2.05, 4.69) is 54.7 Å². The highest BCUT2D eigenvalue weighted by Gasteiger charge is 2.13. The molecule has 0 saturated carbocycles. The minimum Gasteiger partial charge on any atom is -0.309 e. The first kappa shape index (κ1) is 13.8. The van der Waals surface area contributed by atoms with E-state index in [-0.39, 0.29) is 6.04 Å². The Kier molecular flexibility index (Phi) is 4.74. The van der Waals surface area contributed by atoms with Gasteiger partial charge in [0.2, 0.25) is 0 Å². The standard InChI is InChI=1S/C16H23N3/c1-4-10-19-12-15(11-18-19)16(17-3)14-8-6-13(5-2)7-9-14/h6-9,11-12,16-17H,4-5,10H2,1-3H3. The Morgan fingerprint density at radius 2 is 1.89 bits per heavy atom. The fraction of sp³-hybridized carbons (Fsp3) is 0.438. The number of aryl methyl sites for hydroxylation is 2. The summed E-state index contributed by atoms with van der Waals surface area (Å²) in [6.07, 6.45) is 6.29. The number of hydrogen-bond donors (Lipinski definition) is 1. The van der Waals surface area contributed by atoms with Gasteiger partial charge in [-0.2, -0.15) is 5.10 Å². The molecule has 1 aromatic heterocycles. The van der Waals surface area contributed by atoms with Crippen molar-refractivity contribution < 1.29 is 0 Å². The molecule has 1 N–H and O–H groups in total. The van der Waals surface area contributed by atoms with Crippen LogP contribution in [0.1, 0.15) is 43.0 Å². The smallest absolute Gasteiger partial charge is 0.0605 e. The lowest BCUT2D eigenvalue weighted by Gasteiger charge is -2.15. The number of benzene rings is 1. The van der Waals surface area contributed by atoms with Crippen molar-refractivity contribution in [2.45, 2.75) is 39.3 Å². The molecule has 0 aliphatic rings. The SMILES string of the molecule is CCCn1cc(C(NC)c2ccc(CC)cc2)cn1. The number of nitrogens with one attached hydrogen (secondary N) is 1. The summed E-state index contributed by atoms with van der Waals surface area (Å²) in [6, 6.07) is 9.04. The Labute approximate surface area is 115 Å². The second kappa shape index (κ2) is 6.53. The van der Waals surface area contributed by atoms with Crippen molar-refractivity contribution in [2.75, 3.05) is 7.05 Å². The van der Waals surface area contributed by atoms with E-state index in [1.54, 1.807) is 0 Å². The maximum Gasteiger partial charge on any atom is 0.0605 e. The van der Waals surface area contributed by atoms with Gasteiger partial charge in [0.1, 0.15) is 0 Å². The second-order valence-corrected chi connectivity index (χ2v) is 4.85. The normalized spacial score (nSPS) is 12.6. The van der Waals surface area contributed by atoms with E-state index in [1.165, 1.54) is 16.7 Å². The molecule has 0 fully saturated rings. The Bertz CT molecular complexity index is 499. The molecular formula is C16H23N3. The van der Waals surface area contributed by atoms with Crippen LogP contribution < -0.4 is 5.32 Å². The van der Waals surface area contributed by atoms with E-state index in [9.17, 15) is 0 Å². The van der Waals surface area contributed by atoms with Crippen LogP contribution in [0.3, 0.4) is 0 Å². The van der Waals surface area contributed by atoms with Gasteiger partial charge in [0.25, 0.3) is 0 Å². The zero-order valence-corrected chi connectivity index (χ0v) is 12.1. The molecule has 102 valence electrons. The van der Waals surface area contributed by atoms with Crippen LogP contribution in [0, 0.1) is 0 Å². The van der Waals surface area contributed by atoms with Crippen LogP contribution in [0.15, 0.2) is 36.7 Å². The third kappa shape index (κ3) is 3.24. The van der Waals surface area contributed by atoms with Crippen LogP contribution in [0.5, 0.6) is 0 Å². The molecule has 1 unspecified atom stereocenters.